The largest absolute Gasteiger partial charge is 0.388 e. The molecule has 0 aliphatic rings. The van der Waals surface area contributed by atoms with Crippen molar-refractivity contribution in [3.63, 3.8) is 0 Å². The first-order chi connectivity index (χ1) is 9.42. The summed E-state index contributed by atoms with van der Waals surface area (Å²) in [6.07, 6.45) is 0. The Balaban J connectivity index is 2.27. The maximum atomic E-state index is 13.0. The van der Waals surface area contributed by atoms with E-state index in [1.165, 1.54) is 0 Å². The summed E-state index contributed by atoms with van der Waals surface area (Å²) in [4.78, 5) is -0.0957. The SMILES string of the molecule is CNc1ccc(NS(=O)(=O)c2ccc(F)c(Cl)c2)cc1. The molecule has 4 nitrogen and oxygen atoms in total. The van der Waals surface area contributed by atoms with Crippen LogP contribution in [0.15, 0.2) is 47.4 Å². The molecule has 0 unspecified atom stereocenters. The van der Waals surface area contributed by atoms with E-state index in [-0.39, 0.29) is 9.92 Å². The molecule has 0 saturated heterocycles. The second kappa shape index (κ2) is 5.68. The van der Waals surface area contributed by atoms with Crippen LogP contribution in [0.5, 0.6) is 0 Å². The Kier molecular flexibility index (Phi) is 4.15. The molecule has 0 amide bonds. The van der Waals surface area contributed by atoms with E-state index in [0.717, 1.165) is 23.9 Å². The molecule has 2 aromatic rings. The van der Waals surface area contributed by atoms with Gasteiger partial charge in [-0.3, -0.25) is 4.72 Å². The Bertz CT molecular complexity index is 718. The van der Waals surface area contributed by atoms with Gasteiger partial charge in [-0.2, -0.15) is 0 Å². The van der Waals surface area contributed by atoms with Gasteiger partial charge in [-0.1, -0.05) is 11.6 Å². The topological polar surface area (TPSA) is 58.2 Å². The van der Waals surface area contributed by atoms with Crippen molar-refractivity contribution in [2.45, 2.75) is 4.90 Å². The Morgan fingerprint density at radius 2 is 1.65 bits per heavy atom. The fourth-order valence-corrected chi connectivity index (χ4v) is 2.89. The summed E-state index contributed by atoms with van der Waals surface area (Å²) in [5.41, 5.74) is 1.27. The fraction of sp³-hybridized carbons (Fsp3) is 0.0769. The molecule has 2 aromatic carbocycles. The molecule has 0 atom stereocenters. The molecule has 0 heterocycles. The summed E-state index contributed by atoms with van der Waals surface area (Å²) in [5, 5.41) is 2.69. The van der Waals surface area contributed by atoms with Crippen molar-refractivity contribution in [2.75, 3.05) is 17.1 Å². The lowest BCUT2D eigenvalue weighted by atomic mass is 10.3. The molecular weight excluding hydrogens is 303 g/mol. The van der Waals surface area contributed by atoms with Crippen LogP contribution in [-0.4, -0.2) is 15.5 Å². The Hall–Kier alpha value is -1.79. The van der Waals surface area contributed by atoms with Gasteiger partial charge in [0.25, 0.3) is 10.0 Å². The molecule has 0 fully saturated rings. The highest BCUT2D eigenvalue weighted by Crippen LogP contribution is 2.22. The van der Waals surface area contributed by atoms with Crippen molar-refractivity contribution in [1.82, 2.24) is 0 Å². The first-order valence-electron chi connectivity index (χ1n) is 5.68. The van der Waals surface area contributed by atoms with Crippen molar-refractivity contribution >= 4 is 33.0 Å². The lowest BCUT2D eigenvalue weighted by molar-refractivity contribution is 0.599. The number of rotatable bonds is 4. The van der Waals surface area contributed by atoms with Gasteiger partial charge >= 0.3 is 0 Å². The molecule has 7 heteroatoms. The van der Waals surface area contributed by atoms with Gasteiger partial charge in [0.1, 0.15) is 5.82 Å². The third-order valence-electron chi connectivity index (χ3n) is 2.63. The van der Waals surface area contributed by atoms with Crippen molar-refractivity contribution in [1.29, 1.82) is 0 Å². The average Bonchev–Trinajstić information content (AvgIpc) is 2.42. The zero-order valence-electron chi connectivity index (χ0n) is 10.5. The lowest BCUT2D eigenvalue weighted by Gasteiger charge is -2.09. The zero-order chi connectivity index (χ0) is 14.8. The number of benzene rings is 2. The van der Waals surface area contributed by atoms with E-state index in [2.05, 4.69) is 10.0 Å². The molecule has 106 valence electrons. The molecule has 0 saturated carbocycles. The standard InChI is InChI=1S/C13H12ClFN2O2S/c1-16-9-2-4-10(5-3-9)17-20(18,19)11-6-7-13(15)12(14)8-11/h2-8,16-17H,1H3. The van der Waals surface area contributed by atoms with Gasteiger partial charge in [-0.25, -0.2) is 12.8 Å². The second-order valence-corrected chi connectivity index (χ2v) is 6.10. The van der Waals surface area contributed by atoms with Crippen LogP contribution in [0.25, 0.3) is 0 Å². The van der Waals surface area contributed by atoms with Gasteiger partial charge in [0.2, 0.25) is 0 Å². The number of hydrogen-bond donors (Lipinski definition) is 2. The molecular formula is C13H12ClFN2O2S. The number of nitrogens with one attached hydrogen (secondary N) is 2. The van der Waals surface area contributed by atoms with Gasteiger partial charge in [0.15, 0.2) is 0 Å². The first kappa shape index (κ1) is 14.6. The summed E-state index contributed by atoms with van der Waals surface area (Å²) < 4.78 is 39.7. The molecule has 0 bridgehead atoms. The van der Waals surface area contributed by atoms with Crippen molar-refractivity contribution in [3.05, 3.63) is 53.3 Å². The monoisotopic (exact) mass is 314 g/mol. The van der Waals surface area contributed by atoms with E-state index in [0.29, 0.717) is 5.69 Å². The molecule has 0 spiro atoms. The molecule has 0 aliphatic heterocycles. The van der Waals surface area contributed by atoms with E-state index < -0.39 is 15.8 Å². The smallest absolute Gasteiger partial charge is 0.261 e. The maximum absolute atomic E-state index is 13.0. The predicted molar refractivity (Wildman–Crippen MR) is 78.2 cm³/mol. The Morgan fingerprint density at radius 1 is 1.05 bits per heavy atom. The summed E-state index contributed by atoms with van der Waals surface area (Å²) in [5.74, 6) is -0.663. The van der Waals surface area contributed by atoms with Crippen LogP contribution in [0.4, 0.5) is 15.8 Å². The van der Waals surface area contributed by atoms with Crippen molar-refractivity contribution < 1.29 is 12.8 Å². The Labute approximate surface area is 121 Å². The molecule has 2 N–H and O–H groups in total. The quantitative estimate of drug-likeness (QED) is 0.910. The van der Waals surface area contributed by atoms with Crippen LogP contribution in [0, 0.1) is 5.82 Å². The number of hydrogen-bond acceptors (Lipinski definition) is 3. The van der Waals surface area contributed by atoms with Crippen molar-refractivity contribution in [2.24, 2.45) is 0 Å². The van der Waals surface area contributed by atoms with E-state index >= 15 is 0 Å². The number of halogens is 2. The highest BCUT2D eigenvalue weighted by atomic mass is 35.5. The van der Waals surface area contributed by atoms with E-state index in [1.54, 1.807) is 31.3 Å². The summed E-state index contributed by atoms with van der Waals surface area (Å²) in [7, 11) is -2.03. The summed E-state index contributed by atoms with van der Waals surface area (Å²) in [6, 6.07) is 9.95. The Morgan fingerprint density at radius 3 is 2.20 bits per heavy atom. The normalized spacial score (nSPS) is 11.2. The predicted octanol–water partition coefficient (Wildman–Crippen LogP) is 3.32. The maximum Gasteiger partial charge on any atom is 0.261 e. The van der Waals surface area contributed by atoms with Gasteiger partial charge in [-0.05, 0) is 42.5 Å². The highest BCUT2D eigenvalue weighted by molar-refractivity contribution is 7.92. The third-order valence-corrected chi connectivity index (χ3v) is 4.30. The number of anilines is 2. The minimum atomic E-state index is -3.79. The fourth-order valence-electron chi connectivity index (χ4n) is 1.56. The van der Waals surface area contributed by atoms with Crippen LogP contribution < -0.4 is 10.0 Å². The molecule has 20 heavy (non-hydrogen) atoms. The van der Waals surface area contributed by atoms with Crippen LogP contribution in [0.3, 0.4) is 0 Å². The molecule has 0 aliphatic carbocycles. The summed E-state index contributed by atoms with van der Waals surface area (Å²) in [6.45, 7) is 0. The second-order valence-electron chi connectivity index (χ2n) is 4.01. The van der Waals surface area contributed by atoms with Crippen LogP contribution in [0.2, 0.25) is 5.02 Å². The van der Waals surface area contributed by atoms with Gasteiger partial charge in [-0.15, -0.1) is 0 Å². The lowest BCUT2D eigenvalue weighted by Crippen LogP contribution is -2.13. The van der Waals surface area contributed by atoms with E-state index in [9.17, 15) is 12.8 Å². The van der Waals surface area contributed by atoms with Gasteiger partial charge in [0.05, 0.1) is 9.92 Å². The highest BCUT2D eigenvalue weighted by Gasteiger charge is 2.15. The van der Waals surface area contributed by atoms with Crippen molar-refractivity contribution in [3.8, 4) is 0 Å². The minimum Gasteiger partial charge on any atom is -0.388 e. The molecule has 2 rings (SSSR count). The van der Waals surface area contributed by atoms with Gasteiger partial charge in [0, 0.05) is 18.4 Å². The zero-order valence-corrected chi connectivity index (χ0v) is 12.1. The molecule has 0 radical (unpaired) electrons. The third kappa shape index (κ3) is 3.20. The summed E-state index contributed by atoms with van der Waals surface area (Å²) >= 11 is 5.59. The van der Waals surface area contributed by atoms with Crippen LogP contribution >= 0.6 is 11.6 Å². The minimum absolute atomic E-state index is 0.0957. The average molecular weight is 315 g/mol. The van der Waals surface area contributed by atoms with Gasteiger partial charge < -0.3 is 5.32 Å². The first-order valence-corrected chi connectivity index (χ1v) is 7.54. The molecule has 0 aromatic heterocycles. The number of sulfonamides is 1. The van der Waals surface area contributed by atoms with E-state index in [1.807, 2.05) is 0 Å². The van der Waals surface area contributed by atoms with E-state index in [4.69, 9.17) is 11.6 Å². The van der Waals surface area contributed by atoms with Crippen LogP contribution in [0.1, 0.15) is 0 Å². The van der Waals surface area contributed by atoms with Crippen LogP contribution in [-0.2, 0) is 10.0 Å².